The molecule has 0 atom stereocenters. The molecule has 2 rings (SSSR count). The van der Waals surface area contributed by atoms with E-state index in [0.717, 1.165) is 12.1 Å². The number of nitrogens with two attached hydrogens (primary N) is 1. The van der Waals surface area contributed by atoms with E-state index in [2.05, 4.69) is 5.32 Å². The predicted molar refractivity (Wildman–Crippen MR) is 78.7 cm³/mol. The molecule has 2 aromatic carbocycles. The van der Waals surface area contributed by atoms with E-state index < -0.39 is 11.7 Å². The molecule has 0 saturated heterocycles. The van der Waals surface area contributed by atoms with Gasteiger partial charge in [0.1, 0.15) is 5.82 Å². The Hall–Kier alpha value is -1.78. The van der Waals surface area contributed by atoms with Crippen LogP contribution in [-0.2, 0) is 6.54 Å². The van der Waals surface area contributed by atoms with Crippen LogP contribution >= 0.6 is 23.2 Å². The zero-order valence-corrected chi connectivity index (χ0v) is 11.8. The van der Waals surface area contributed by atoms with Crippen molar-refractivity contribution in [1.29, 1.82) is 0 Å². The molecule has 0 fully saturated rings. The highest BCUT2D eigenvalue weighted by Gasteiger charge is 2.11. The second kappa shape index (κ2) is 6.11. The Labute approximate surface area is 125 Å². The van der Waals surface area contributed by atoms with Gasteiger partial charge in [-0.15, -0.1) is 0 Å². The van der Waals surface area contributed by atoms with Gasteiger partial charge >= 0.3 is 0 Å². The summed E-state index contributed by atoms with van der Waals surface area (Å²) in [5, 5.41) is 3.33. The standard InChI is InChI=1S/C14H11Cl2FN2O/c15-11-5-9(17)6-12(16)13(11)19-7-8-3-1-2-4-10(8)14(18)20/h1-6,19H,7H2,(H2,18,20). The van der Waals surface area contributed by atoms with E-state index in [-0.39, 0.29) is 10.0 Å². The lowest BCUT2D eigenvalue weighted by molar-refractivity contribution is 0.0999. The van der Waals surface area contributed by atoms with Gasteiger partial charge in [-0.25, -0.2) is 4.39 Å². The third-order valence-electron chi connectivity index (χ3n) is 2.75. The van der Waals surface area contributed by atoms with Crippen LogP contribution < -0.4 is 11.1 Å². The molecule has 0 bridgehead atoms. The van der Waals surface area contributed by atoms with Crippen molar-refractivity contribution in [2.24, 2.45) is 5.73 Å². The number of hydrogen-bond donors (Lipinski definition) is 2. The van der Waals surface area contributed by atoms with Crippen molar-refractivity contribution in [1.82, 2.24) is 0 Å². The molecule has 3 N–H and O–H groups in total. The molecule has 2 aromatic rings. The second-order valence-electron chi connectivity index (χ2n) is 4.12. The van der Waals surface area contributed by atoms with Gasteiger partial charge in [-0.1, -0.05) is 41.4 Å². The molecule has 1 amide bonds. The van der Waals surface area contributed by atoms with Gasteiger partial charge in [0.05, 0.1) is 15.7 Å². The van der Waals surface area contributed by atoms with Crippen LogP contribution in [0, 0.1) is 5.82 Å². The summed E-state index contributed by atoms with van der Waals surface area (Å²) in [5.74, 6) is -1.03. The maximum absolute atomic E-state index is 13.1. The topological polar surface area (TPSA) is 55.1 Å². The molecule has 0 aliphatic heterocycles. The Bertz CT molecular complexity index is 638. The minimum absolute atomic E-state index is 0.173. The summed E-state index contributed by atoms with van der Waals surface area (Å²) in [6.45, 7) is 0.296. The molecule has 0 saturated carbocycles. The number of primary amides is 1. The van der Waals surface area contributed by atoms with Crippen LogP contribution in [-0.4, -0.2) is 5.91 Å². The summed E-state index contributed by atoms with van der Waals surface area (Å²) in [7, 11) is 0. The number of rotatable bonds is 4. The summed E-state index contributed by atoms with van der Waals surface area (Å²) >= 11 is 11.8. The lowest BCUT2D eigenvalue weighted by Gasteiger charge is -2.12. The summed E-state index contributed by atoms with van der Waals surface area (Å²) in [4.78, 5) is 11.3. The Morgan fingerprint density at radius 2 is 1.80 bits per heavy atom. The van der Waals surface area contributed by atoms with Crippen molar-refractivity contribution in [2.45, 2.75) is 6.54 Å². The highest BCUT2D eigenvalue weighted by Crippen LogP contribution is 2.31. The molecule has 0 aliphatic rings. The van der Waals surface area contributed by atoms with E-state index in [4.69, 9.17) is 28.9 Å². The molecule has 104 valence electrons. The SMILES string of the molecule is NC(=O)c1ccccc1CNc1c(Cl)cc(F)cc1Cl. The van der Waals surface area contributed by atoms with Gasteiger partial charge in [0.25, 0.3) is 0 Å². The first kappa shape index (κ1) is 14.6. The highest BCUT2D eigenvalue weighted by atomic mass is 35.5. The van der Waals surface area contributed by atoms with Crippen LogP contribution in [0.1, 0.15) is 15.9 Å². The molecule has 0 radical (unpaired) electrons. The number of carbonyl (C=O) groups is 1. The van der Waals surface area contributed by atoms with Crippen LogP contribution in [0.15, 0.2) is 36.4 Å². The quantitative estimate of drug-likeness (QED) is 0.901. The number of amides is 1. The lowest BCUT2D eigenvalue weighted by atomic mass is 10.1. The fourth-order valence-corrected chi connectivity index (χ4v) is 2.40. The molecule has 0 unspecified atom stereocenters. The molecule has 0 aliphatic carbocycles. The van der Waals surface area contributed by atoms with Crippen LogP contribution in [0.3, 0.4) is 0 Å². The van der Waals surface area contributed by atoms with Crippen molar-refractivity contribution in [3.63, 3.8) is 0 Å². The van der Waals surface area contributed by atoms with E-state index in [0.29, 0.717) is 23.4 Å². The zero-order valence-electron chi connectivity index (χ0n) is 10.3. The fourth-order valence-electron chi connectivity index (χ4n) is 1.81. The fraction of sp³-hybridized carbons (Fsp3) is 0.0714. The molecular weight excluding hydrogens is 302 g/mol. The maximum Gasteiger partial charge on any atom is 0.249 e. The monoisotopic (exact) mass is 312 g/mol. The van der Waals surface area contributed by atoms with E-state index in [9.17, 15) is 9.18 Å². The number of hydrogen-bond acceptors (Lipinski definition) is 2. The van der Waals surface area contributed by atoms with E-state index in [1.54, 1.807) is 24.3 Å². The van der Waals surface area contributed by atoms with E-state index >= 15 is 0 Å². The Morgan fingerprint density at radius 1 is 1.20 bits per heavy atom. The first-order valence-electron chi connectivity index (χ1n) is 5.75. The number of anilines is 1. The summed E-state index contributed by atoms with van der Waals surface area (Å²) in [5.41, 5.74) is 6.82. The van der Waals surface area contributed by atoms with Gasteiger partial charge in [0.15, 0.2) is 0 Å². The number of carbonyl (C=O) groups excluding carboxylic acids is 1. The van der Waals surface area contributed by atoms with Crippen LogP contribution in [0.4, 0.5) is 10.1 Å². The second-order valence-corrected chi connectivity index (χ2v) is 4.93. The van der Waals surface area contributed by atoms with Crippen molar-refractivity contribution < 1.29 is 9.18 Å². The largest absolute Gasteiger partial charge is 0.379 e. The van der Waals surface area contributed by atoms with Gasteiger partial charge in [0.2, 0.25) is 5.91 Å². The average molecular weight is 313 g/mol. The lowest BCUT2D eigenvalue weighted by Crippen LogP contribution is -2.15. The van der Waals surface area contributed by atoms with Crippen molar-refractivity contribution >= 4 is 34.8 Å². The highest BCUT2D eigenvalue weighted by molar-refractivity contribution is 6.39. The summed E-state index contributed by atoms with van der Waals surface area (Å²) in [6.07, 6.45) is 0. The normalized spacial score (nSPS) is 10.3. The average Bonchev–Trinajstić information content (AvgIpc) is 2.37. The van der Waals surface area contributed by atoms with Crippen molar-refractivity contribution in [3.05, 3.63) is 63.4 Å². The van der Waals surface area contributed by atoms with Gasteiger partial charge < -0.3 is 11.1 Å². The van der Waals surface area contributed by atoms with Crippen LogP contribution in [0.2, 0.25) is 10.0 Å². The number of halogens is 3. The van der Waals surface area contributed by atoms with Crippen LogP contribution in [0.25, 0.3) is 0 Å². The Kier molecular flexibility index (Phi) is 4.47. The van der Waals surface area contributed by atoms with Gasteiger partial charge in [-0.2, -0.15) is 0 Å². The predicted octanol–water partition coefficient (Wildman–Crippen LogP) is 3.84. The number of benzene rings is 2. The minimum Gasteiger partial charge on any atom is -0.379 e. The Morgan fingerprint density at radius 3 is 2.40 bits per heavy atom. The van der Waals surface area contributed by atoms with Crippen molar-refractivity contribution in [2.75, 3.05) is 5.32 Å². The smallest absolute Gasteiger partial charge is 0.249 e. The van der Waals surface area contributed by atoms with Gasteiger partial charge in [-0.3, -0.25) is 4.79 Å². The van der Waals surface area contributed by atoms with Gasteiger partial charge in [0, 0.05) is 12.1 Å². The summed E-state index contributed by atoms with van der Waals surface area (Å²) < 4.78 is 13.1. The molecule has 3 nitrogen and oxygen atoms in total. The summed E-state index contributed by atoms with van der Waals surface area (Å²) in [6, 6.07) is 9.23. The molecule has 0 heterocycles. The zero-order chi connectivity index (χ0) is 14.7. The van der Waals surface area contributed by atoms with Crippen molar-refractivity contribution in [3.8, 4) is 0 Å². The molecular formula is C14H11Cl2FN2O. The maximum atomic E-state index is 13.1. The first-order valence-corrected chi connectivity index (χ1v) is 6.50. The molecule has 0 spiro atoms. The third kappa shape index (κ3) is 3.21. The minimum atomic E-state index is -0.515. The number of nitrogens with one attached hydrogen (secondary N) is 1. The first-order chi connectivity index (χ1) is 9.49. The van der Waals surface area contributed by atoms with Crippen LogP contribution in [0.5, 0.6) is 0 Å². The molecule has 0 aromatic heterocycles. The van der Waals surface area contributed by atoms with Gasteiger partial charge in [-0.05, 0) is 23.8 Å². The Balaban J connectivity index is 2.24. The molecule has 6 heteroatoms. The van der Waals surface area contributed by atoms with E-state index in [1.807, 2.05) is 0 Å². The van der Waals surface area contributed by atoms with E-state index in [1.165, 1.54) is 0 Å². The third-order valence-corrected chi connectivity index (χ3v) is 3.34. The molecule has 20 heavy (non-hydrogen) atoms.